The number of amides is 3. The van der Waals surface area contributed by atoms with Gasteiger partial charge in [0, 0.05) is 0 Å². The monoisotopic (exact) mass is 401 g/mol. The molecule has 9 nitrogen and oxygen atoms in total. The number of carbonyl (C=O) groups excluding carboxylic acids is 2. The Morgan fingerprint density at radius 1 is 1.14 bits per heavy atom. The van der Waals surface area contributed by atoms with Crippen molar-refractivity contribution in [2.75, 3.05) is 14.2 Å². The zero-order chi connectivity index (χ0) is 21.1. The van der Waals surface area contributed by atoms with Crippen LogP contribution in [-0.4, -0.2) is 36.0 Å². The molecular formula is C19H16FN3O6. The van der Waals surface area contributed by atoms with Gasteiger partial charge in [-0.1, -0.05) is 12.1 Å². The highest BCUT2D eigenvalue weighted by atomic mass is 19.1. The molecule has 1 aliphatic heterocycles. The number of urea groups is 1. The molecule has 1 heterocycles. The number of rotatable bonds is 6. The molecule has 3 rings (SSSR count). The van der Waals surface area contributed by atoms with Crippen molar-refractivity contribution in [3.63, 3.8) is 0 Å². The third-order valence-corrected chi connectivity index (χ3v) is 4.25. The van der Waals surface area contributed by atoms with Crippen molar-refractivity contribution in [1.82, 2.24) is 10.2 Å². The second-order valence-corrected chi connectivity index (χ2v) is 6.03. The van der Waals surface area contributed by atoms with E-state index in [1.807, 2.05) is 0 Å². The van der Waals surface area contributed by atoms with Crippen LogP contribution >= 0.6 is 0 Å². The zero-order valence-electron chi connectivity index (χ0n) is 15.5. The summed E-state index contributed by atoms with van der Waals surface area (Å²) in [6.45, 7) is -0.0731. The summed E-state index contributed by atoms with van der Waals surface area (Å²) < 4.78 is 23.2. The molecule has 3 amide bonds. The van der Waals surface area contributed by atoms with Crippen LogP contribution in [0.5, 0.6) is 11.5 Å². The maximum atomic E-state index is 13.0. The summed E-state index contributed by atoms with van der Waals surface area (Å²) in [6.07, 6.45) is 1.20. The minimum absolute atomic E-state index is 0.0555. The maximum Gasteiger partial charge on any atom is 0.329 e. The Morgan fingerprint density at radius 2 is 1.76 bits per heavy atom. The first-order valence-electron chi connectivity index (χ1n) is 8.33. The van der Waals surface area contributed by atoms with Crippen LogP contribution in [0, 0.1) is 15.9 Å². The van der Waals surface area contributed by atoms with Crippen LogP contribution in [0.4, 0.5) is 14.9 Å². The SMILES string of the molecule is COc1cc(/C=C2/NC(=O)N(Cc3ccc(F)cc3)C2=O)c([N+](=O)[O-])cc1OC. The van der Waals surface area contributed by atoms with Crippen LogP contribution in [0.3, 0.4) is 0 Å². The third-order valence-electron chi connectivity index (χ3n) is 4.25. The number of methoxy groups -OCH3 is 2. The van der Waals surface area contributed by atoms with Crippen molar-refractivity contribution in [2.45, 2.75) is 6.54 Å². The van der Waals surface area contributed by atoms with Gasteiger partial charge in [0.15, 0.2) is 11.5 Å². The number of nitro benzene ring substituents is 1. The van der Waals surface area contributed by atoms with E-state index in [4.69, 9.17) is 9.47 Å². The summed E-state index contributed by atoms with van der Waals surface area (Å²) >= 11 is 0. The molecule has 29 heavy (non-hydrogen) atoms. The quantitative estimate of drug-likeness (QED) is 0.345. The van der Waals surface area contributed by atoms with E-state index in [1.165, 1.54) is 56.7 Å². The van der Waals surface area contributed by atoms with E-state index in [0.717, 1.165) is 4.90 Å². The first kappa shape index (κ1) is 19.8. The van der Waals surface area contributed by atoms with E-state index in [1.54, 1.807) is 0 Å². The van der Waals surface area contributed by atoms with E-state index in [-0.39, 0.29) is 35.0 Å². The van der Waals surface area contributed by atoms with Crippen LogP contribution < -0.4 is 14.8 Å². The summed E-state index contributed by atoms with van der Waals surface area (Å²) in [5.74, 6) is -0.721. The minimum atomic E-state index is -0.686. The highest BCUT2D eigenvalue weighted by molar-refractivity contribution is 6.14. The Labute approximate surface area is 164 Å². The van der Waals surface area contributed by atoms with Crippen molar-refractivity contribution < 1.29 is 28.4 Å². The number of nitrogens with one attached hydrogen (secondary N) is 1. The van der Waals surface area contributed by atoms with Gasteiger partial charge in [0.25, 0.3) is 11.6 Å². The van der Waals surface area contributed by atoms with Crippen molar-refractivity contribution in [1.29, 1.82) is 0 Å². The number of hydrogen-bond donors (Lipinski definition) is 1. The van der Waals surface area contributed by atoms with Gasteiger partial charge in [0.05, 0.1) is 37.3 Å². The number of ether oxygens (including phenoxy) is 2. The Kier molecular flexibility index (Phi) is 5.44. The normalized spacial score (nSPS) is 14.9. The molecule has 0 radical (unpaired) electrons. The second kappa shape index (κ2) is 7.97. The summed E-state index contributed by atoms with van der Waals surface area (Å²) in [6, 6.07) is 7.17. The molecule has 0 unspecified atom stereocenters. The van der Waals surface area contributed by atoms with E-state index >= 15 is 0 Å². The molecule has 1 N–H and O–H groups in total. The van der Waals surface area contributed by atoms with Crippen LogP contribution in [0.1, 0.15) is 11.1 Å². The Hall–Kier alpha value is -3.95. The number of nitrogens with zero attached hydrogens (tertiary/aromatic N) is 2. The molecule has 0 aliphatic carbocycles. The highest BCUT2D eigenvalue weighted by Gasteiger charge is 2.34. The molecule has 2 aromatic rings. The van der Waals surface area contributed by atoms with Crippen LogP contribution in [0.2, 0.25) is 0 Å². The fourth-order valence-electron chi connectivity index (χ4n) is 2.80. The topological polar surface area (TPSA) is 111 Å². The predicted molar refractivity (Wildman–Crippen MR) is 99.7 cm³/mol. The van der Waals surface area contributed by atoms with Crippen LogP contribution in [0.15, 0.2) is 42.1 Å². The summed E-state index contributed by atoms with van der Waals surface area (Å²) in [7, 11) is 2.71. The first-order valence-corrected chi connectivity index (χ1v) is 8.33. The number of carbonyl (C=O) groups is 2. The molecule has 10 heteroatoms. The van der Waals surface area contributed by atoms with Crippen LogP contribution in [-0.2, 0) is 11.3 Å². The van der Waals surface area contributed by atoms with Gasteiger partial charge in [0.1, 0.15) is 11.5 Å². The highest BCUT2D eigenvalue weighted by Crippen LogP contribution is 2.35. The molecule has 150 valence electrons. The lowest BCUT2D eigenvalue weighted by molar-refractivity contribution is -0.385. The lowest BCUT2D eigenvalue weighted by Gasteiger charge is -2.11. The fraction of sp³-hybridized carbons (Fsp3) is 0.158. The van der Waals surface area contributed by atoms with E-state index in [2.05, 4.69) is 5.32 Å². The summed E-state index contributed by atoms with van der Waals surface area (Å²) in [5, 5.41) is 13.8. The van der Waals surface area contributed by atoms with Gasteiger partial charge < -0.3 is 14.8 Å². The van der Waals surface area contributed by atoms with Gasteiger partial charge in [-0.3, -0.25) is 19.8 Å². The van der Waals surface area contributed by atoms with Crippen LogP contribution in [0.25, 0.3) is 6.08 Å². The van der Waals surface area contributed by atoms with Crippen molar-refractivity contribution >= 4 is 23.7 Å². The molecule has 1 aliphatic rings. The average Bonchev–Trinajstić information content (AvgIpc) is 2.96. The van der Waals surface area contributed by atoms with Gasteiger partial charge in [-0.2, -0.15) is 0 Å². The van der Waals surface area contributed by atoms with Gasteiger partial charge in [-0.25, -0.2) is 9.18 Å². The van der Waals surface area contributed by atoms with E-state index in [0.29, 0.717) is 5.56 Å². The molecule has 0 saturated carbocycles. The summed E-state index contributed by atoms with van der Waals surface area (Å²) in [5.41, 5.74) is 0.148. The standard InChI is InChI=1S/C19H16FN3O6/c1-28-16-8-12(15(23(26)27)9-17(16)29-2)7-14-18(24)22(19(25)21-14)10-11-3-5-13(20)6-4-11/h3-9H,10H2,1-2H3,(H,21,25)/b14-7+. The molecule has 0 atom stereocenters. The molecule has 1 saturated heterocycles. The number of halogens is 1. The minimum Gasteiger partial charge on any atom is -0.493 e. The number of imide groups is 1. The van der Waals surface area contributed by atoms with Gasteiger partial charge in [0.2, 0.25) is 0 Å². The third kappa shape index (κ3) is 4.00. The largest absolute Gasteiger partial charge is 0.493 e. The number of hydrogen-bond acceptors (Lipinski definition) is 6. The van der Waals surface area contributed by atoms with Gasteiger partial charge in [-0.15, -0.1) is 0 Å². The molecule has 0 spiro atoms. The number of nitro groups is 1. The van der Waals surface area contributed by atoms with Crippen molar-refractivity contribution in [3.8, 4) is 11.5 Å². The second-order valence-electron chi connectivity index (χ2n) is 6.03. The predicted octanol–water partition coefficient (Wildman–Crippen LogP) is 2.84. The molecule has 0 aromatic heterocycles. The molecule has 2 aromatic carbocycles. The van der Waals surface area contributed by atoms with E-state index in [9.17, 15) is 24.1 Å². The lowest BCUT2D eigenvalue weighted by Crippen LogP contribution is -2.30. The van der Waals surface area contributed by atoms with E-state index < -0.39 is 22.7 Å². The molecule has 0 bridgehead atoms. The zero-order valence-corrected chi connectivity index (χ0v) is 15.5. The Morgan fingerprint density at radius 3 is 2.34 bits per heavy atom. The number of benzene rings is 2. The maximum absolute atomic E-state index is 13.0. The Bertz CT molecular complexity index is 1020. The van der Waals surface area contributed by atoms with Gasteiger partial charge >= 0.3 is 6.03 Å². The van der Waals surface area contributed by atoms with Crippen molar-refractivity contribution in [2.24, 2.45) is 0 Å². The fourth-order valence-corrected chi connectivity index (χ4v) is 2.80. The lowest BCUT2D eigenvalue weighted by atomic mass is 10.1. The van der Waals surface area contributed by atoms with Gasteiger partial charge in [-0.05, 0) is 29.8 Å². The first-order chi connectivity index (χ1) is 13.8. The molecular weight excluding hydrogens is 385 g/mol. The smallest absolute Gasteiger partial charge is 0.329 e. The molecule has 1 fully saturated rings. The van der Waals surface area contributed by atoms with Crippen molar-refractivity contribution in [3.05, 3.63) is 69.2 Å². The summed E-state index contributed by atoms with van der Waals surface area (Å²) in [4.78, 5) is 36.5. The Balaban J connectivity index is 1.94. The average molecular weight is 401 g/mol.